The highest BCUT2D eigenvalue weighted by Gasteiger charge is 2.47. The molecule has 0 bridgehead atoms. The van der Waals surface area contributed by atoms with Crippen LogP contribution in [0.3, 0.4) is 0 Å². The first-order valence-electron chi connectivity index (χ1n) is 8.95. The van der Waals surface area contributed by atoms with Crippen molar-refractivity contribution in [1.29, 1.82) is 0 Å². The van der Waals surface area contributed by atoms with Crippen LogP contribution in [0.25, 0.3) is 0 Å². The Morgan fingerprint density at radius 2 is 1.91 bits per heavy atom. The molecule has 1 unspecified atom stereocenters. The van der Waals surface area contributed by atoms with E-state index in [2.05, 4.69) is 18.2 Å². The van der Waals surface area contributed by atoms with Gasteiger partial charge < -0.3 is 15.4 Å². The lowest BCUT2D eigenvalue weighted by molar-refractivity contribution is -0.121. The summed E-state index contributed by atoms with van der Waals surface area (Å²) < 4.78 is 5.41. The molecule has 1 spiro atoms. The molecule has 1 saturated carbocycles. The van der Waals surface area contributed by atoms with Crippen molar-refractivity contribution in [2.24, 2.45) is 11.7 Å². The molecular weight excluding hydrogens is 288 g/mol. The van der Waals surface area contributed by atoms with Gasteiger partial charge in [-0.2, -0.15) is 0 Å². The molecule has 1 aliphatic carbocycles. The van der Waals surface area contributed by atoms with E-state index >= 15 is 0 Å². The second-order valence-corrected chi connectivity index (χ2v) is 7.40. The van der Waals surface area contributed by atoms with E-state index in [-0.39, 0.29) is 17.2 Å². The highest BCUT2D eigenvalue weighted by atomic mass is 16.5. The molecule has 0 radical (unpaired) electrons. The average Bonchev–Trinajstić information content (AvgIpc) is 3.21. The molecule has 2 N–H and O–H groups in total. The fourth-order valence-corrected chi connectivity index (χ4v) is 4.76. The molecule has 1 saturated heterocycles. The van der Waals surface area contributed by atoms with Crippen LogP contribution in [0.2, 0.25) is 0 Å². The van der Waals surface area contributed by atoms with Crippen LogP contribution in [-0.4, -0.2) is 31.7 Å². The van der Waals surface area contributed by atoms with E-state index in [4.69, 9.17) is 10.5 Å². The summed E-state index contributed by atoms with van der Waals surface area (Å²) in [6, 6.07) is 8.05. The average molecular weight is 314 g/mol. The van der Waals surface area contributed by atoms with E-state index in [9.17, 15) is 4.79 Å². The number of benzene rings is 1. The van der Waals surface area contributed by atoms with Gasteiger partial charge in [0.15, 0.2) is 0 Å². The second-order valence-electron chi connectivity index (χ2n) is 7.40. The molecule has 4 heteroatoms. The van der Waals surface area contributed by atoms with Crippen molar-refractivity contribution >= 4 is 11.6 Å². The van der Waals surface area contributed by atoms with Crippen molar-refractivity contribution in [2.75, 3.05) is 24.7 Å². The van der Waals surface area contributed by atoms with Crippen LogP contribution >= 0.6 is 0 Å². The number of carbonyl (C=O) groups is 1. The maximum absolute atomic E-state index is 13.1. The third kappa shape index (κ3) is 2.48. The van der Waals surface area contributed by atoms with Crippen molar-refractivity contribution < 1.29 is 9.53 Å². The maximum Gasteiger partial charge on any atom is 0.244 e. The highest BCUT2D eigenvalue weighted by Crippen LogP contribution is 2.50. The Hall–Kier alpha value is -1.39. The molecule has 124 valence electrons. The van der Waals surface area contributed by atoms with Gasteiger partial charge in [0.25, 0.3) is 0 Å². The van der Waals surface area contributed by atoms with Crippen molar-refractivity contribution in [2.45, 2.75) is 50.0 Å². The highest BCUT2D eigenvalue weighted by molar-refractivity contribution is 5.99. The predicted molar refractivity (Wildman–Crippen MR) is 90.5 cm³/mol. The van der Waals surface area contributed by atoms with Crippen molar-refractivity contribution in [3.05, 3.63) is 29.8 Å². The number of anilines is 1. The van der Waals surface area contributed by atoms with E-state index in [1.165, 1.54) is 31.2 Å². The summed E-state index contributed by atoms with van der Waals surface area (Å²) in [6.45, 7) is 2.28. The number of nitrogens with zero attached hydrogens (tertiary/aromatic N) is 1. The predicted octanol–water partition coefficient (Wildman–Crippen LogP) is 2.60. The van der Waals surface area contributed by atoms with E-state index in [1.54, 1.807) is 0 Å². The number of nitrogens with two attached hydrogens (primary N) is 1. The van der Waals surface area contributed by atoms with Gasteiger partial charge in [-0.1, -0.05) is 31.0 Å². The smallest absolute Gasteiger partial charge is 0.244 e. The Kier molecular flexibility index (Phi) is 3.90. The van der Waals surface area contributed by atoms with E-state index in [0.717, 1.165) is 38.3 Å². The van der Waals surface area contributed by atoms with E-state index < -0.39 is 6.04 Å². The third-order valence-electron chi connectivity index (χ3n) is 6.11. The largest absolute Gasteiger partial charge is 0.381 e. The molecular formula is C19H26N2O2. The first kappa shape index (κ1) is 15.2. The standard InChI is InChI=1S/C19H26N2O2/c20-17(14-7-11-23-12-8-14)18(22)21-13-19(9-3-4-10-19)15-5-1-2-6-16(15)21/h1-2,5-6,14,17H,3-4,7-13,20H2. The summed E-state index contributed by atoms with van der Waals surface area (Å²) in [7, 11) is 0. The molecule has 23 heavy (non-hydrogen) atoms. The molecule has 2 aliphatic heterocycles. The molecule has 3 aliphatic rings. The number of rotatable bonds is 2. The lowest BCUT2D eigenvalue weighted by atomic mass is 9.81. The van der Waals surface area contributed by atoms with Gasteiger partial charge in [0, 0.05) is 30.9 Å². The molecule has 1 amide bonds. The van der Waals surface area contributed by atoms with E-state index in [0.29, 0.717) is 0 Å². The summed E-state index contributed by atoms with van der Waals surface area (Å²) in [5.41, 5.74) is 9.02. The Balaban J connectivity index is 1.60. The Labute approximate surface area is 138 Å². The van der Waals surface area contributed by atoms with Gasteiger partial charge in [-0.3, -0.25) is 4.79 Å². The molecule has 1 aromatic carbocycles. The number of ether oxygens (including phenoxy) is 1. The Morgan fingerprint density at radius 1 is 1.22 bits per heavy atom. The number of hydrogen-bond donors (Lipinski definition) is 1. The van der Waals surface area contributed by atoms with Crippen LogP contribution < -0.4 is 10.6 Å². The van der Waals surface area contributed by atoms with Crippen LogP contribution in [0.5, 0.6) is 0 Å². The molecule has 4 nitrogen and oxygen atoms in total. The quantitative estimate of drug-likeness (QED) is 0.913. The van der Waals surface area contributed by atoms with Gasteiger partial charge in [0.05, 0.1) is 6.04 Å². The first-order chi connectivity index (χ1) is 11.2. The summed E-state index contributed by atoms with van der Waals surface area (Å²) in [6.07, 6.45) is 6.71. The van der Waals surface area contributed by atoms with Crippen LogP contribution in [0.4, 0.5) is 5.69 Å². The van der Waals surface area contributed by atoms with Gasteiger partial charge >= 0.3 is 0 Å². The number of carbonyl (C=O) groups excluding carboxylic acids is 1. The monoisotopic (exact) mass is 314 g/mol. The van der Waals surface area contributed by atoms with Crippen molar-refractivity contribution in [3.8, 4) is 0 Å². The van der Waals surface area contributed by atoms with Crippen LogP contribution in [0.1, 0.15) is 44.1 Å². The molecule has 4 rings (SSSR count). The van der Waals surface area contributed by atoms with Crippen molar-refractivity contribution in [3.63, 3.8) is 0 Å². The topological polar surface area (TPSA) is 55.6 Å². The number of fused-ring (bicyclic) bond motifs is 2. The van der Waals surface area contributed by atoms with Crippen molar-refractivity contribution in [1.82, 2.24) is 0 Å². The fourth-order valence-electron chi connectivity index (χ4n) is 4.76. The molecule has 1 atom stereocenters. The summed E-state index contributed by atoms with van der Waals surface area (Å²) >= 11 is 0. The third-order valence-corrected chi connectivity index (χ3v) is 6.11. The second kappa shape index (κ2) is 5.91. The minimum absolute atomic E-state index is 0.105. The zero-order valence-corrected chi connectivity index (χ0v) is 13.7. The van der Waals surface area contributed by atoms with Crippen LogP contribution in [-0.2, 0) is 14.9 Å². The first-order valence-corrected chi connectivity index (χ1v) is 8.95. The molecule has 1 aromatic rings. The summed E-state index contributed by atoms with van der Waals surface area (Å²) in [5, 5.41) is 0. The minimum Gasteiger partial charge on any atom is -0.381 e. The zero-order valence-electron chi connectivity index (χ0n) is 13.7. The summed E-state index contributed by atoms with van der Waals surface area (Å²) in [5.74, 6) is 0.358. The lowest BCUT2D eigenvalue weighted by Gasteiger charge is -2.31. The van der Waals surface area contributed by atoms with Gasteiger partial charge in [0.2, 0.25) is 5.91 Å². The van der Waals surface area contributed by atoms with Gasteiger partial charge in [-0.15, -0.1) is 0 Å². The van der Waals surface area contributed by atoms with Gasteiger partial charge in [0.1, 0.15) is 0 Å². The minimum atomic E-state index is -0.400. The number of amides is 1. The van der Waals surface area contributed by atoms with E-state index in [1.807, 2.05) is 11.0 Å². The maximum atomic E-state index is 13.1. The van der Waals surface area contributed by atoms with Gasteiger partial charge in [-0.25, -0.2) is 0 Å². The normalized spacial score (nSPS) is 24.8. The molecule has 0 aromatic heterocycles. The Bertz CT molecular complexity index is 589. The SMILES string of the molecule is NC(C(=O)N1CC2(CCCC2)c2ccccc21)C1CCOCC1. The zero-order chi connectivity index (χ0) is 15.9. The van der Waals surface area contributed by atoms with Crippen LogP contribution in [0.15, 0.2) is 24.3 Å². The Morgan fingerprint density at radius 3 is 2.65 bits per heavy atom. The van der Waals surface area contributed by atoms with Gasteiger partial charge in [-0.05, 0) is 43.2 Å². The molecule has 2 heterocycles. The number of hydrogen-bond acceptors (Lipinski definition) is 3. The lowest BCUT2D eigenvalue weighted by Crippen LogP contribution is -2.50. The van der Waals surface area contributed by atoms with Crippen LogP contribution in [0, 0.1) is 5.92 Å². The fraction of sp³-hybridized carbons (Fsp3) is 0.632. The number of para-hydroxylation sites is 1. The summed E-state index contributed by atoms with van der Waals surface area (Å²) in [4.78, 5) is 15.1. The molecule has 2 fully saturated rings.